The monoisotopic (exact) mass is 256 g/mol. The Bertz CT molecular complexity index is 361. The number of nitrogens with zero attached hydrogens (tertiary/aromatic N) is 1. The van der Waals surface area contributed by atoms with E-state index in [1.54, 1.807) is 6.07 Å². The number of rotatable bonds is 7. The van der Waals surface area contributed by atoms with Crippen LogP contribution in [0.15, 0.2) is 11.4 Å². The molecule has 0 fully saturated rings. The lowest BCUT2D eigenvalue weighted by atomic mass is 9.95. The third-order valence-corrected chi connectivity index (χ3v) is 4.13. The van der Waals surface area contributed by atoms with E-state index in [0.29, 0.717) is 18.5 Å². The zero-order valence-corrected chi connectivity index (χ0v) is 11.4. The molecular formula is C12H20N2O2S. The molecule has 1 rings (SSSR count). The van der Waals surface area contributed by atoms with Crippen LogP contribution in [0.25, 0.3) is 0 Å². The summed E-state index contributed by atoms with van der Waals surface area (Å²) >= 11 is 1.19. The smallest absolute Gasteiger partial charge is 0.310 e. The van der Waals surface area contributed by atoms with Crippen LogP contribution in [0.1, 0.15) is 39.2 Å². The van der Waals surface area contributed by atoms with Crippen molar-refractivity contribution in [2.24, 2.45) is 5.92 Å². The highest BCUT2D eigenvalue weighted by Gasteiger charge is 2.14. The molecule has 5 heteroatoms. The lowest BCUT2D eigenvalue weighted by molar-refractivity contribution is -0.380. The fourth-order valence-electron chi connectivity index (χ4n) is 1.99. The average Bonchev–Trinajstić information content (AvgIpc) is 2.76. The summed E-state index contributed by atoms with van der Waals surface area (Å²) in [5, 5.41) is 16.1. The number of nitro groups is 1. The molecule has 0 aliphatic rings. The van der Waals surface area contributed by atoms with Gasteiger partial charge in [-0.05, 0) is 18.4 Å². The first-order chi connectivity index (χ1) is 8.08. The van der Waals surface area contributed by atoms with Gasteiger partial charge in [0.2, 0.25) is 0 Å². The predicted molar refractivity (Wildman–Crippen MR) is 71.3 cm³/mol. The molecular weight excluding hydrogens is 236 g/mol. The van der Waals surface area contributed by atoms with Crippen molar-refractivity contribution in [1.82, 2.24) is 5.32 Å². The van der Waals surface area contributed by atoms with E-state index in [4.69, 9.17) is 0 Å². The van der Waals surface area contributed by atoms with Gasteiger partial charge >= 0.3 is 5.00 Å². The summed E-state index contributed by atoms with van der Waals surface area (Å²) < 4.78 is 0. The highest BCUT2D eigenvalue weighted by molar-refractivity contribution is 7.13. The normalized spacial score (nSPS) is 12.9. The van der Waals surface area contributed by atoms with Gasteiger partial charge in [-0.1, -0.05) is 38.0 Å². The SMILES string of the molecule is CCC(CC)C(C)NCc1csc([N+](=O)[O-])c1. The van der Waals surface area contributed by atoms with E-state index in [1.807, 2.05) is 5.38 Å². The summed E-state index contributed by atoms with van der Waals surface area (Å²) in [6.07, 6.45) is 2.32. The molecule has 0 spiro atoms. The minimum Gasteiger partial charge on any atom is -0.310 e. The first kappa shape index (κ1) is 14.1. The topological polar surface area (TPSA) is 55.2 Å². The standard InChI is InChI=1S/C12H20N2O2S/c1-4-11(5-2)9(3)13-7-10-6-12(14(15)16)17-8-10/h6,8-9,11,13H,4-5,7H2,1-3H3. The van der Waals surface area contributed by atoms with Crippen molar-refractivity contribution >= 4 is 16.3 Å². The Hall–Kier alpha value is -0.940. The van der Waals surface area contributed by atoms with Crippen molar-refractivity contribution in [2.75, 3.05) is 0 Å². The van der Waals surface area contributed by atoms with E-state index in [2.05, 4.69) is 26.1 Å². The second-order valence-electron chi connectivity index (χ2n) is 4.30. The summed E-state index contributed by atoms with van der Waals surface area (Å²) in [5.74, 6) is 0.670. The van der Waals surface area contributed by atoms with Crippen molar-refractivity contribution in [3.05, 3.63) is 27.1 Å². The van der Waals surface area contributed by atoms with E-state index in [0.717, 1.165) is 18.4 Å². The van der Waals surface area contributed by atoms with E-state index >= 15 is 0 Å². The number of thiophene rings is 1. The largest absolute Gasteiger partial charge is 0.324 e. The first-order valence-electron chi connectivity index (χ1n) is 6.03. The van der Waals surface area contributed by atoms with E-state index in [-0.39, 0.29) is 9.92 Å². The highest BCUT2D eigenvalue weighted by Crippen LogP contribution is 2.22. The van der Waals surface area contributed by atoms with Crippen molar-refractivity contribution in [2.45, 2.75) is 46.2 Å². The van der Waals surface area contributed by atoms with Gasteiger partial charge in [-0.2, -0.15) is 0 Å². The Labute approximate surface area is 106 Å². The molecule has 4 nitrogen and oxygen atoms in total. The van der Waals surface area contributed by atoms with Gasteiger partial charge in [-0.3, -0.25) is 10.1 Å². The van der Waals surface area contributed by atoms with Crippen molar-refractivity contribution in [3.8, 4) is 0 Å². The first-order valence-corrected chi connectivity index (χ1v) is 6.91. The predicted octanol–water partition coefficient (Wildman–Crippen LogP) is 3.57. The molecule has 1 aromatic rings. The summed E-state index contributed by atoms with van der Waals surface area (Å²) in [5.41, 5.74) is 1.000. The van der Waals surface area contributed by atoms with Gasteiger partial charge in [0.1, 0.15) is 0 Å². The van der Waals surface area contributed by atoms with Crippen LogP contribution in [0.2, 0.25) is 0 Å². The summed E-state index contributed by atoms with van der Waals surface area (Å²) in [7, 11) is 0. The van der Waals surface area contributed by atoms with Crippen LogP contribution >= 0.6 is 11.3 Å². The maximum Gasteiger partial charge on any atom is 0.324 e. The lowest BCUT2D eigenvalue weighted by Crippen LogP contribution is -2.32. The zero-order chi connectivity index (χ0) is 12.8. The molecule has 1 N–H and O–H groups in total. The molecule has 1 aromatic heterocycles. The fraction of sp³-hybridized carbons (Fsp3) is 0.667. The van der Waals surface area contributed by atoms with Crippen molar-refractivity contribution in [1.29, 1.82) is 0 Å². The molecule has 96 valence electrons. The molecule has 0 amide bonds. The van der Waals surface area contributed by atoms with Crippen LogP contribution in [0.5, 0.6) is 0 Å². The maximum atomic E-state index is 10.5. The fourth-order valence-corrected chi connectivity index (χ4v) is 2.72. The molecule has 0 aromatic carbocycles. The second kappa shape index (κ2) is 6.71. The minimum absolute atomic E-state index is 0.219. The minimum atomic E-state index is -0.335. The van der Waals surface area contributed by atoms with Gasteiger partial charge < -0.3 is 5.32 Å². The van der Waals surface area contributed by atoms with Crippen LogP contribution in [0, 0.1) is 16.0 Å². The highest BCUT2D eigenvalue weighted by atomic mass is 32.1. The molecule has 0 saturated heterocycles. The van der Waals surface area contributed by atoms with Gasteiger partial charge in [0.25, 0.3) is 0 Å². The Kier molecular flexibility index (Phi) is 5.58. The van der Waals surface area contributed by atoms with Gasteiger partial charge in [0.05, 0.1) is 4.92 Å². The molecule has 17 heavy (non-hydrogen) atoms. The number of hydrogen-bond donors (Lipinski definition) is 1. The summed E-state index contributed by atoms with van der Waals surface area (Å²) in [4.78, 5) is 10.2. The molecule has 0 radical (unpaired) electrons. The Morgan fingerprint density at radius 3 is 2.59 bits per heavy atom. The third kappa shape index (κ3) is 4.09. The van der Waals surface area contributed by atoms with Crippen LogP contribution in [-0.2, 0) is 6.54 Å². The quantitative estimate of drug-likeness (QED) is 0.599. The molecule has 1 heterocycles. The zero-order valence-electron chi connectivity index (χ0n) is 10.6. The molecule has 1 unspecified atom stereocenters. The second-order valence-corrected chi connectivity index (χ2v) is 5.19. The summed E-state index contributed by atoms with van der Waals surface area (Å²) in [6, 6.07) is 2.10. The van der Waals surface area contributed by atoms with Gasteiger partial charge in [0.15, 0.2) is 0 Å². The summed E-state index contributed by atoms with van der Waals surface area (Å²) in [6.45, 7) is 7.28. The van der Waals surface area contributed by atoms with Gasteiger partial charge in [-0.25, -0.2) is 0 Å². The average molecular weight is 256 g/mol. The van der Waals surface area contributed by atoms with E-state index in [9.17, 15) is 10.1 Å². The number of nitrogens with one attached hydrogen (secondary N) is 1. The Morgan fingerprint density at radius 1 is 1.47 bits per heavy atom. The Morgan fingerprint density at radius 2 is 2.12 bits per heavy atom. The number of hydrogen-bond acceptors (Lipinski definition) is 4. The van der Waals surface area contributed by atoms with E-state index < -0.39 is 0 Å². The molecule has 0 saturated carbocycles. The van der Waals surface area contributed by atoms with Gasteiger partial charge in [0, 0.05) is 24.0 Å². The molecule has 0 bridgehead atoms. The van der Waals surface area contributed by atoms with Crippen LogP contribution in [0.3, 0.4) is 0 Å². The van der Waals surface area contributed by atoms with Crippen molar-refractivity contribution in [3.63, 3.8) is 0 Å². The molecule has 1 atom stereocenters. The Balaban J connectivity index is 2.46. The van der Waals surface area contributed by atoms with Crippen molar-refractivity contribution < 1.29 is 4.92 Å². The lowest BCUT2D eigenvalue weighted by Gasteiger charge is -2.22. The maximum absolute atomic E-state index is 10.5. The molecule has 0 aliphatic heterocycles. The van der Waals surface area contributed by atoms with Crippen LogP contribution < -0.4 is 5.32 Å². The third-order valence-electron chi connectivity index (χ3n) is 3.20. The van der Waals surface area contributed by atoms with Crippen LogP contribution in [-0.4, -0.2) is 11.0 Å². The van der Waals surface area contributed by atoms with Crippen LogP contribution in [0.4, 0.5) is 5.00 Å². The molecule has 0 aliphatic carbocycles. The van der Waals surface area contributed by atoms with Gasteiger partial charge in [-0.15, -0.1) is 0 Å². The van der Waals surface area contributed by atoms with E-state index in [1.165, 1.54) is 11.3 Å².